The molecule has 0 aromatic rings. The maximum Gasteiger partial charge on any atom is 0.330 e. The van der Waals surface area contributed by atoms with Crippen molar-refractivity contribution in [1.29, 1.82) is 0 Å². The molecule has 0 aliphatic rings. The van der Waals surface area contributed by atoms with Crippen molar-refractivity contribution >= 4 is 14.3 Å². The fraction of sp³-hybridized carbons (Fsp3) is 0.750. The normalized spacial score (nSPS) is 10.8. The van der Waals surface area contributed by atoms with Crippen LogP contribution in [0.15, 0.2) is 0 Å². The zero-order valence-electron chi connectivity index (χ0n) is 4.88. The zero-order valence-corrected chi connectivity index (χ0v) is 4.88. The molecule has 0 aromatic carbocycles. The molecule has 0 aromatic heterocycles. The third-order valence-electron chi connectivity index (χ3n) is 0.302. The minimum Gasteiger partial charge on any atom is -0.302 e. The molecule has 0 aliphatic carbocycles. The van der Waals surface area contributed by atoms with Gasteiger partial charge in [0.2, 0.25) is 0 Å². The smallest absolute Gasteiger partial charge is 0.302 e. The summed E-state index contributed by atoms with van der Waals surface area (Å²) < 4.78 is 0. The molecule has 0 unspecified atom stereocenters. The largest absolute Gasteiger partial charge is 0.330 e. The van der Waals surface area contributed by atoms with Crippen LogP contribution in [0.2, 0.25) is 0 Å². The van der Waals surface area contributed by atoms with Gasteiger partial charge in [-0.05, 0) is 13.8 Å². The Bertz CT molecular complexity index is 75.8. The van der Waals surface area contributed by atoms with Gasteiger partial charge in [0, 0.05) is 0 Å². The van der Waals surface area contributed by atoms with Gasteiger partial charge in [-0.15, -0.1) is 0 Å². The predicted octanol–water partition coefficient (Wildman–Crippen LogP) is -0.00440. The Morgan fingerprint density at radius 1 is 1.62 bits per heavy atom. The maximum atomic E-state index is 9.45. The Labute approximate surface area is 49.3 Å². The summed E-state index contributed by atoms with van der Waals surface area (Å²) in [4.78, 5) is 17.6. The average molecular weight is 114 g/mol. The number of carbonyl (C=O) groups excluding carboxylic acids is 1. The van der Waals surface area contributed by atoms with Gasteiger partial charge >= 0.3 is 6.47 Å². The summed E-state index contributed by atoms with van der Waals surface area (Å²) in [5.41, 5.74) is -0.902. The standard InChI is InChI=1S/C4H7BO3/c1-4(2,5)8-7-3-6/h3H,1-2H3. The molecule has 44 valence electrons. The van der Waals surface area contributed by atoms with Gasteiger partial charge in [0.1, 0.15) is 7.85 Å². The first kappa shape index (κ1) is 7.49. The Kier molecular flexibility index (Phi) is 2.55. The van der Waals surface area contributed by atoms with E-state index in [-0.39, 0.29) is 6.47 Å². The molecule has 0 saturated carbocycles. The van der Waals surface area contributed by atoms with Crippen molar-refractivity contribution < 1.29 is 14.6 Å². The molecule has 0 bridgehead atoms. The van der Waals surface area contributed by atoms with Gasteiger partial charge in [-0.25, -0.2) is 0 Å². The van der Waals surface area contributed by atoms with E-state index in [2.05, 4.69) is 9.78 Å². The van der Waals surface area contributed by atoms with Crippen LogP contribution in [0, 0.1) is 0 Å². The Hall–Kier alpha value is -0.505. The highest BCUT2D eigenvalue weighted by Crippen LogP contribution is 2.00. The topological polar surface area (TPSA) is 35.5 Å². The summed E-state index contributed by atoms with van der Waals surface area (Å²) in [5.74, 6) is 0. The van der Waals surface area contributed by atoms with E-state index in [0.29, 0.717) is 0 Å². The summed E-state index contributed by atoms with van der Waals surface area (Å²) >= 11 is 0. The van der Waals surface area contributed by atoms with Crippen LogP contribution in [-0.4, -0.2) is 19.8 Å². The van der Waals surface area contributed by atoms with Crippen LogP contribution in [0.4, 0.5) is 0 Å². The number of carbonyl (C=O) groups is 1. The minimum absolute atomic E-state index is 0.175. The molecule has 0 fully saturated rings. The van der Waals surface area contributed by atoms with Crippen LogP contribution in [0.3, 0.4) is 0 Å². The molecule has 0 heterocycles. The molecular formula is C4H7BO3. The van der Waals surface area contributed by atoms with Crippen molar-refractivity contribution in [3.8, 4) is 0 Å². The van der Waals surface area contributed by atoms with Crippen LogP contribution in [-0.2, 0) is 14.6 Å². The van der Waals surface area contributed by atoms with E-state index >= 15 is 0 Å². The first-order chi connectivity index (χ1) is 3.56. The molecule has 0 N–H and O–H groups in total. The number of hydrogen-bond acceptors (Lipinski definition) is 3. The van der Waals surface area contributed by atoms with Gasteiger partial charge in [0.15, 0.2) is 0 Å². The highest BCUT2D eigenvalue weighted by molar-refractivity contribution is 6.13. The lowest BCUT2D eigenvalue weighted by Gasteiger charge is -2.14. The van der Waals surface area contributed by atoms with Crippen molar-refractivity contribution in [2.45, 2.75) is 19.3 Å². The van der Waals surface area contributed by atoms with Crippen molar-refractivity contribution in [1.82, 2.24) is 0 Å². The van der Waals surface area contributed by atoms with E-state index in [0.717, 1.165) is 0 Å². The summed E-state index contributed by atoms with van der Waals surface area (Å²) in [6, 6.07) is 0. The fourth-order valence-electron chi connectivity index (χ4n) is 0.144. The van der Waals surface area contributed by atoms with Gasteiger partial charge in [0.05, 0.1) is 5.50 Å². The highest BCUT2D eigenvalue weighted by atomic mass is 17.2. The second kappa shape index (κ2) is 2.72. The molecule has 0 aliphatic heterocycles. The lowest BCUT2D eigenvalue weighted by Crippen LogP contribution is -2.23. The zero-order chi connectivity index (χ0) is 6.62. The quantitative estimate of drug-likeness (QED) is 0.224. The Morgan fingerprint density at radius 2 is 2.12 bits per heavy atom. The Balaban J connectivity index is 3.24. The van der Waals surface area contributed by atoms with E-state index in [1.807, 2.05) is 0 Å². The first-order valence-electron chi connectivity index (χ1n) is 2.13. The Morgan fingerprint density at radius 3 is 2.25 bits per heavy atom. The molecular weight excluding hydrogens is 107 g/mol. The van der Waals surface area contributed by atoms with Crippen LogP contribution in [0.5, 0.6) is 0 Å². The third-order valence-corrected chi connectivity index (χ3v) is 0.302. The molecule has 0 atom stereocenters. The SMILES string of the molecule is [B]C(C)(C)OOC=O. The minimum atomic E-state index is -0.902. The predicted molar refractivity (Wildman–Crippen MR) is 28.1 cm³/mol. The fourth-order valence-corrected chi connectivity index (χ4v) is 0.144. The highest BCUT2D eigenvalue weighted by Gasteiger charge is 2.10. The van der Waals surface area contributed by atoms with E-state index in [1.165, 1.54) is 0 Å². The summed E-state index contributed by atoms with van der Waals surface area (Å²) in [5, 5.41) is 0. The van der Waals surface area contributed by atoms with Gasteiger partial charge in [-0.3, -0.25) is 4.79 Å². The van der Waals surface area contributed by atoms with Crippen molar-refractivity contribution in [2.75, 3.05) is 0 Å². The van der Waals surface area contributed by atoms with Crippen molar-refractivity contribution in [3.63, 3.8) is 0 Å². The van der Waals surface area contributed by atoms with Crippen molar-refractivity contribution in [2.24, 2.45) is 0 Å². The molecule has 0 rings (SSSR count). The lowest BCUT2D eigenvalue weighted by molar-refractivity contribution is -0.292. The van der Waals surface area contributed by atoms with Crippen LogP contribution in [0.1, 0.15) is 13.8 Å². The molecule has 2 radical (unpaired) electrons. The number of hydrogen-bond donors (Lipinski definition) is 0. The van der Waals surface area contributed by atoms with E-state index in [1.54, 1.807) is 13.8 Å². The third kappa shape index (κ3) is 5.49. The van der Waals surface area contributed by atoms with Gasteiger partial charge in [0.25, 0.3) is 0 Å². The summed E-state index contributed by atoms with van der Waals surface area (Å²) in [6.45, 7) is 3.31. The van der Waals surface area contributed by atoms with E-state index in [9.17, 15) is 4.79 Å². The molecule has 4 heteroatoms. The molecule has 0 spiro atoms. The summed E-state index contributed by atoms with van der Waals surface area (Å²) in [6.07, 6.45) is 0. The molecule has 0 saturated heterocycles. The van der Waals surface area contributed by atoms with Crippen LogP contribution < -0.4 is 0 Å². The van der Waals surface area contributed by atoms with Crippen LogP contribution >= 0.6 is 0 Å². The summed E-state index contributed by atoms with van der Waals surface area (Å²) in [7, 11) is 5.22. The number of rotatable bonds is 3. The van der Waals surface area contributed by atoms with Gasteiger partial charge < -0.3 is 4.89 Å². The average Bonchev–Trinajstić information content (AvgIpc) is 1.59. The maximum absolute atomic E-state index is 9.45. The molecule has 3 nitrogen and oxygen atoms in total. The second-order valence-electron chi connectivity index (χ2n) is 1.88. The van der Waals surface area contributed by atoms with E-state index in [4.69, 9.17) is 7.85 Å². The monoisotopic (exact) mass is 114 g/mol. The second-order valence-corrected chi connectivity index (χ2v) is 1.88. The van der Waals surface area contributed by atoms with E-state index < -0.39 is 5.50 Å². The van der Waals surface area contributed by atoms with Gasteiger partial charge in [-0.2, -0.15) is 4.89 Å². The lowest BCUT2D eigenvalue weighted by atomic mass is 9.86. The van der Waals surface area contributed by atoms with Crippen LogP contribution in [0.25, 0.3) is 0 Å². The molecule has 0 amide bonds. The van der Waals surface area contributed by atoms with Gasteiger partial charge in [-0.1, -0.05) is 0 Å². The first-order valence-corrected chi connectivity index (χ1v) is 2.13. The molecule has 8 heavy (non-hydrogen) atoms. The van der Waals surface area contributed by atoms with Crippen molar-refractivity contribution in [3.05, 3.63) is 0 Å².